The van der Waals surface area contributed by atoms with E-state index in [0.717, 1.165) is 30.7 Å². The van der Waals surface area contributed by atoms with Crippen LogP contribution in [0.15, 0.2) is 54.6 Å². The number of carbonyl (C=O) groups is 2. The van der Waals surface area contributed by atoms with Crippen LogP contribution in [0.4, 0.5) is 16.2 Å². The molecule has 7 heteroatoms. The molecular weight excluding hydrogens is 392 g/mol. The SMILES string of the molecule is CCN(CC)C(=O)C(Nc1ccc(NC(=O)NCC2CCCO2)cc1)c1ccccc1. The number of likely N-dealkylation sites (N-methyl/N-ethyl adjacent to an activating group) is 1. The minimum Gasteiger partial charge on any atom is -0.376 e. The number of hydrogen-bond donors (Lipinski definition) is 3. The number of nitrogens with zero attached hydrogens (tertiary/aromatic N) is 1. The molecule has 0 aliphatic carbocycles. The maximum Gasteiger partial charge on any atom is 0.319 e. The molecule has 31 heavy (non-hydrogen) atoms. The zero-order valence-corrected chi connectivity index (χ0v) is 18.3. The highest BCUT2D eigenvalue weighted by Gasteiger charge is 2.24. The van der Waals surface area contributed by atoms with Gasteiger partial charge in [-0.2, -0.15) is 0 Å². The van der Waals surface area contributed by atoms with Crippen LogP contribution in [0.1, 0.15) is 38.3 Å². The molecule has 166 valence electrons. The first-order chi connectivity index (χ1) is 15.1. The summed E-state index contributed by atoms with van der Waals surface area (Å²) in [5.74, 6) is 0.0342. The minimum absolute atomic E-state index is 0.0342. The molecular formula is C24H32N4O3. The lowest BCUT2D eigenvalue weighted by Gasteiger charge is -2.27. The first-order valence-corrected chi connectivity index (χ1v) is 11.0. The lowest BCUT2D eigenvalue weighted by molar-refractivity contribution is -0.131. The Bertz CT molecular complexity index is 832. The molecule has 0 spiro atoms. The fraction of sp³-hybridized carbons (Fsp3) is 0.417. The fourth-order valence-corrected chi connectivity index (χ4v) is 3.65. The largest absolute Gasteiger partial charge is 0.376 e. The van der Waals surface area contributed by atoms with E-state index in [1.165, 1.54) is 0 Å². The number of hydrogen-bond acceptors (Lipinski definition) is 4. The van der Waals surface area contributed by atoms with Crippen LogP contribution >= 0.6 is 0 Å². The molecule has 0 aromatic heterocycles. The van der Waals surface area contributed by atoms with E-state index in [4.69, 9.17) is 4.74 Å². The van der Waals surface area contributed by atoms with Gasteiger partial charge in [0.25, 0.3) is 0 Å². The van der Waals surface area contributed by atoms with Gasteiger partial charge in [0.05, 0.1) is 6.10 Å². The van der Waals surface area contributed by atoms with Crippen molar-refractivity contribution in [3.63, 3.8) is 0 Å². The maximum absolute atomic E-state index is 13.1. The van der Waals surface area contributed by atoms with Gasteiger partial charge in [-0.1, -0.05) is 30.3 Å². The topological polar surface area (TPSA) is 82.7 Å². The van der Waals surface area contributed by atoms with Crippen LogP contribution in [-0.4, -0.2) is 49.2 Å². The number of nitrogens with one attached hydrogen (secondary N) is 3. The number of urea groups is 1. The van der Waals surface area contributed by atoms with Crippen molar-refractivity contribution in [1.29, 1.82) is 0 Å². The predicted octanol–water partition coefficient (Wildman–Crippen LogP) is 4.01. The van der Waals surface area contributed by atoms with Gasteiger partial charge in [-0.05, 0) is 56.5 Å². The van der Waals surface area contributed by atoms with Crippen molar-refractivity contribution in [3.05, 3.63) is 60.2 Å². The Labute approximate surface area is 184 Å². The normalized spacial score (nSPS) is 16.4. The smallest absolute Gasteiger partial charge is 0.319 e. The van der Waals surface area contributed by atoms with E-state index < -0.39 is 6.04 Å². The Morgan fingerprint density at radius 1 is 1.03 bits per heavy atom. The van der Waals surface area contributed by atoms with Crippen LogP contribution in [0.2, 0.25) is 0 Å². The zero-order valence-electron chi connectivity index (χ0n) is 18.3. The van der Waals surface area contributed by atoms with E-state index in [1.807, 2.05) is 73.3 Å². The van der Waals surface area contributed by atoms with Gasteiger partial charge in [0.1, 0.15) is 6.04 Å². The van der Waals surface area contributed by atoms with Crippen LogP contribution in [0.25, 0.3) is 0 Å². The summed E-state index contributed by atoms with van der Waals surface area (Å²) in [6.07, 6.45) is 2.13. The summed E-state index contributed by atoms with van der Waals surface area (Å²) in [6.45, 7) is 6.55. The maximum atomic E-state index is 13.1. The van der Waals surface area contributed by atoms with Gasteiger partial charge < -0.3 is 25.6 Å². The molecule has 2 atom stereocenters. The lowest BCUT2D eigenvalue weighted by atomic mass is 10.0. The third kappa shape index (κ3) is 6.46. The Kier molecular flexibility index (Phi) is 8.29. The molecule has 2 aromatic carbocycles. The molecule has 1 aliphatic heterocycles. The van der Waals surface area contributed by atoms with Crippen molar-refractivity contribution in [2.45, 2.75) is 38.8 Å². The monoisotopic (exact) mass is 424 g/mol. The summed E-state index contributed by atoms with van der Waals surface area (Å²) < 4.78 is 5.51. The number of carbonyl (C=O) groups excluding carboxylic acids is 2. The summed E-state index contributed by atoms with van der Waals surface area (Å²) in [4.78, 5) is 27.0. The van der Waals surface area contributed by atoms with Crippen LogP contribution < -0.4 is 16.0 Å². The highest BCUT2D eigenvalue weighted by molar-refractivity contribution is 5.90. The van der Waals surface area contributed by atoms with Crippen molar-refractivity contribution < 1.29 is 14.3 Å². The first kappa shape index (κ1) is 22.6. The molecule has 0 saturated carbocycles. The predicted molar refractivity (Wildman–Crippen MR) is 123 cm³/mol. The first-order valence-electron chi connectivity index (χ1n) is 11.0. The van der Waals surface area contributed by atoms with Gasteiger partial charge >= 0.3 is 6.03 Å². The third-order valence-corrected chi connectivity index (χ3v) is 5.42. The molecule has 1 fully saturated rings. The molecule has 2 unspecified atom stereocenters. The summed E-state index contributed by atoms with van der Waals surface area (Å²) in [7, 11) is 0. The van der Waals surface area contributed by atoms with Crippen molar-refractivity contribution in [1.82, 2.24) is 10.2 Å². The summed E-state index contributed by atoms with van der Waals surface area (Å²) in [6, 6.07) is 16.3. The van der Waals surface area contributed by atoms with Gasteiger partial charge in [0, 0.05) is 37.6 Å². The molecule has 3 N–H and O–H groups in total. The Balaban J connectivity index is 1.62. The van der Waals surface area contributed by atoms with Gasteiger partial charge in [-0.15, -0.1) is 0 Å². The molecule has 0 bridgehead atoms. The Morgan fingerprint density at radius 2 is 1.71 bits per heavy atom. The van der Waals surface area contributed by atoms with Crippen LogP contribution in [0.5, 0.6) is 0 Å². The molecule has 0 radical (unpaired) electrons. The second-order valence-electron chi connectivity index (χ2n) is 7.55. The fourth-order valence-electron chi connectivity index (χ4n) is 3.65. The van der Waals surface area contributed by atoms with Crippen LogP contribution in [0, 0.1) is 0 Å². The number of anilines is 2. The summed E-state index contributed by atoms with van der Waals surface area (Å²) >= 11 is 0. The minimum atomic E-state index is -0.477. The van der Waals surface area contributed by atoms with Crippen molar-refractivity contribution in [3.8, 4) is 0 Å². The van der Waals surface area contributed by atoms with E-state index in [-0.39, 0.29) is 18.0 Å². The number of benzene rings is 2. The lowest BCUT2D eigenvalue weighted by Crippen LogP contribution is -2.37. The molecule has 1 heterocycles. The van der Waals surface area contributed by atoms with Crippen molar-refractivity contribution >= 4 is 23.3 Å². The quantitative estimate of drug-likeness (QED) is 0.568. The highest BCUT2D eigenvalue weighted by atomic mass is 16.5. The molecule has 3 rings (SSSR count). The standard InChI is InChI=1S/C24H32N4O3/c1-3-28(4-2)23(29)22(18-9-6-5-7-10-18)26-19-12-14-20(15-13-19)27-24(30)25-17-21-11-8-16-31-21/h5-7,9-10,12-15,21-22,26H,3-4,8,11,16-17H2,1-2H3,(H2,25,27,30). The average Bonchev–Trinajstić information content (AvgIpc) is 3.32. The van der Waals surface area contributed by atoms with Gasteiger partial charge in [0.2, 0.25) is 5.91 Å². The van der Waals surface area contributed by atoms with Crippen molar-refractivity contribution in [2.75, 3.05) is 36.9 Å². The second-order valence-corrected chi connectivity index (χ2v) is 7.55. The number of amides is 3. The van der Waals surface area contributed by atoms with E-state index >= 15 is 0 Å². The zero-order chi connectivity index (χ0) is 22.1. The number of ether oxygens (including phenoxy) is 1. The molecule has 1 saturated heterocycles. The summed E-state index contributed by atoms with van der Waals surface area (Å²) in [5, 5.41) is 9.02. The molecule has 3 amide bonds. The number of rotatable bonds is 9. The third-order valence-electron chi connectivity index (χ3n) is 5.42. The van der Waals surface area contributed by atoms with E-state index in [2.05, 4.69) is 16.0 Å². The molecule has 2 aromatic rings. The van der Waals surface area contributed by atoms with Crippen molar-refractivity contribution in [2.24, 2.45) is 0 Å². The van der Waals surface area contributed by atoms with Gasteiger partial charge in [0.15, 0.2) is 0 Å². The van der Waals surface area contributed by atoms with E-state index in [0.29, 0.717) is 25.3 Å². The van der Waals surface area contributed by atoms with E-state index in [9.17, 15) is 9.59 Å². The second kappa shape index (κ2) is 11.4. The molecule has 1 aliphatic rings. The highest BCUT2D eigenvalue weighted by Crippen LogP contribution is 2.23. The van der Waals surface area contributed by atoms with E-state index in [1.54, 1.807) is 0 Å². The van der Waals surface area contributed by atoms with Gasteiger partial charge in [-0.3, -0.25) is 4.79 Å². The molecule has 7 nitrogen and oxygen atoms in total. The summed E-state index contributed by atoms with van der Waals surface area (Å²) in [5.41, 5.74) is 2.40. The van der Waals surface area contributed by atoms with Crippen LogP contribution in [0.3, 0.4) is 0 Å². The Morgan fingerprint density at radius 3 is 2.32 bits per heavy atom. The van der Waals surface area contributed by atoms with Crippen LogP contribution in [-0.2, 0) is 9.53 Å². The van der Waals surface area contributed by atoms with Gasteiger partial charge in [-0.25, -0.2) is 4.79 Å². The Hall–Kier alpha value is -3.06. The average molecular weight is 425 g/mol.